The molecule has 0 N–H and O–H groups in total. The van der Waals surface area contributed by atoms with Crippen molar-refractivity contribution in [3.63, 3.8) is 0 Å². The third-order valence-electron chi connectivity index (χ3n) is 9.25. The summed E-state index contributed by atoms with van der Waals surface area (Å²) in [6.07, 6.45) is 0. The summed E-state index contributed by atoms with van der Waals surface area (Å²) in [5.41, 5.74) is 12.7. The molecule has 0 atom stereocenters. The number of anilines is 3. The van der Waals surface area contributed by atoms with Crippen LogP contribution in [0, 0.1) is 0 Å². The van der Waals surface area contributed by atoms with E-state index in [1.54, 1.807) is 0 Å². The lowest BCUT2D eigenvalue weighted by Gasteiger charge is -2.32. The minimum atomic E-state index is 0.873. The number of fused-ring (bicyclic) bond motifs is 2. The van der Waals surface area contributed by atoms with Crippen molar-refractivity contribution < 1.29 is 4.74 Å². The average Bonchev–Trinajstić information content (AvgIpc) is 3.17. The van der Waals surface area contributed by atoms with Crippen LogP contribution >= 0.6 is 0 Å². The molecule has 1 heterocycles. The standard InChI is InChI=1S/C46H31NO/c1-4-13-32(14-5-1)34-23-27-38(28-24-34)47(39-29-25-35(26-30-39)33-15-6-2-7-16-33)41-31-37-19-12-22-43-45(37)46(40-20-10-11-21-42(40)48-43)44(41)36-17-8-3-9-18-36/h1-31H. The van der Waals surface area contributed by atoms with Crippen LogP contribution in [0.15, 0.2) is 188 Å². The summed E-state index contributed by atoms with van der Waals surface area (Å²) in [7, 11) is 0. The Hall–Kier alpha value is -6.38. The van der Waals surface area contributed by atoms with Gasteiger partial charge < -0.3 is 9.64 Å². The highest BCUT2D eigenvalue weighted by Gasteiger charge is 2.28. The van der Waals surface area contributed by atoms with Gasteiger partial charge in [0, 0.05) is 33.5 Å². The fraction of sp³-hybridized carbons (Fsp3) is 0. The van der Waals surface area contributed by atoms with Gasteiger partial charge in [0.1, 0.15) is 11.5 Å². The highest BCUT2D eigenvalue weighted by atomic mass is 16.5. The third-order valence-corrected chi connectivity index (χ3v) is 9.25. The minimum absolute atomic E-state index is 0.873. The van der Waals surface area contributed by atoms with Crippen LogP contribution in [0.1, 0.15) is 0 Å². The molecule has 0 saturated heterocycles. The molecule has 0 amide bonds. The molecule has 1 aliphatic rings. The molecule has 0 fully saturated rings. The molecule has 9 rings (SSSR count). The summed E-state index contributed by atoms with van der Waals surface area (Å²) in [4.78, 5) is 2.41. The van der Waals surface area contributed by atoms with E-state index in [0.29, 0.717) is 0 Å². The van der Waals surface area contributed by atoms with Crippen molar-refractivity contribution in [2.45, 2.75) is 0 Å². The van der Waals surface area contributed by atoms with E-state index in [1.807, 2.05) is 6.07 Å². The van der Waals surface area contributed by atoms with Crippen LogP contribution in [0.5, 0.6) is 11.5 Å². The van der Waals surface area contributed by atoms with E-state index in [0.717, 1.165) is 50.5 Å². The largest absolute Gasteiger partial charge is 0.456 e. The Balaban J connectivity index is 1.33. The number of hydrogen-bond acceptors (Lipinski definition) is 2. The maximum Gasteiger partial charge on any atom is 0.135 e. The van der Waals surface area contributed by atoms with Crippen molar-refractivity contribution in [3.8, 4) is 56.0 Å². The van der Waals surface area contributed by atoms with Gasteiger partial charge in [0.2, 0.25) is 0 Å². The second-order valence-corrected chi connectivity index (χ2v) is 12.1. The monoisotopic (exact) mass is 613 g/mol. The first kappa shape index (κ1) is 27.9. The zero-order valence-corrected chi connectivity index (χ0v) is 26.3. The van der Waals surface area contributed by atoms with Gasteiger partial charge in [-0.25, -0.2) is 0 Å². The maximum absolute atomic E-state index is 6.51. The molecule has 0 aliphatic carbocycles. The van der Waals surface area contributed by atoms with Gasteiger partial charge in [0.15, 0.2) is 0 Å². The molecule has 0 spiro atoms. The number of benzene rings is 8. The molecule has 2 nitrogen and oxygen atoms in total. The summed E-state index contributed by atoms with van der Waals surface area (Å²) < 4.78 is 6.51. The smallest absolute Gasteiger partial charge is 0.135 e. The van der Waals surface area contributed by atoms with Crippen molar-refractivity contribution >= 4 is 27.8 Å². The first-order chi connectivity index (χ1) is 23.8. The average molecular weight is 614 g/mol. The fourth-order valence-corrected chi connectivity index (χ4v) is 7.01. The molecule has 0 saturated carbocycles. The summed E-state index contributed by atoms with van der Waals surface area (Å²) in [6.45, 7) is 0. The van der Waals surface area contributed by atoms with Gasteiger partial charge >= 0.3 is 0 Å². The predicted octanol–water partition coefficient (Wildman–Crippen LogP) is 13.1. The lowest BCUT2D eigenvalue weighted by molar-refractivity contribution is 0.487. The van der Waals surface area contributed by atoms with Crippen LogP contribution in [0.2, 0.25) is 0 Å². The highest BCUT2D eigenvalue weighted by Crippen LogP contribution is 2.55. The quantitative estimate of drug-likeness (QED) is 0.185. The van der Waals surface area contributed by atoms with Crippen molar-refractivity contribution in [1.29, 1.82) is 0 Å². The molecule has 2 heteroatoms. The van der Waals surface area contributed by atoms with E-state index in [1.165, 1.54) is 33.4 Å². The lowest BCUT2D eigenvalue weighted by atomic mass is 9.85. The van der Waals surface area contributed by atoms with E-state index >= 15 is 0 Å². The Labute approximate surface area is 280 Å². The Morgan fingerprint density at radius 1 is 0.354 bits per heavy atom. The summed E-state index contributed by atoms with van der Waals surface area (Å²) in [5, 5.41) is 2.27. The third kappa shape index (κ3) is 4.83. The van der Waals surface area contributed by atoms with Gasteiger partial charge in [-0.05, 0) is 75.7 Å². The first-order valence-electron chi connectivity index (χ1n) is 16.4. The van der Waals surface area contributed by atoms with Crippen molar-refractivity contribution in [2.24, 2.45) is 0 Å². The van der Waals surface area contributed by atoms with Gasteiger partial charge in [-0.1, -0.05) is 146 Å². The van der Waals surface area contributed by atoms with Crippen LogP contribution in [0.4, 0.5) is 17.1 Å². The molecule has 226 valence electrons. The second kappa shape index (κ2) is 11.8. The van der Waals surface area contributed by atoms with E-state index in [4.69, 9.17) is 4.74 Å². The van der Waals surface area contributed by atoms with Crippen LogP contribution in [0.3, 0.4) is 0 Å². The van der Waals surface area contributed by atoms with Gasteiger partial charge in [-0.15, -0.1) is 0 Å². The van der Waals surface area contributed by atoms with Gasteiger partial charge in [0.05, 0.1) is 5.69 Å². The SMILES string of the molecule is c1ccc(-c2ccc(N(c3ccc(-c4ccccc4)cc3)c3cc4cccc5c4c(c3-c3ccccc3)-c3ccccc3O5)cc2)cc1. The summed E-state index contributed by atoms with van der Waals surface area (Å²) in [6, 6.07) is 66.9. The highest BCUT2D eigenvalue weighted by molar-refractivity contribution is 6.14. The normalized spacial score (nSPS) is 11.5. The van der Waals surface area contributed by atoms with Crippen molar-refractivity contribution in [2.75, 3.05) is 4.90 Å². The van der Waals surface area contributed by atoms with E-state index in [-0.39, 0.29) is 0 Å². The van der Waals surface area contributed by atoms with Crippen LogP contribution in [0.25, 0.3) is 55.3 Å². The van der Waals surface area contributed by atoms with Crippen LogP contribution in [-0.4, -0.2) is 0 Å². The Kier molecular flexibility index (Phi) is 6.84. The van der Waals surface area contributed by atoms with Crippen molar-refractivity contribution in [3.05, 3.63) is 188 Å². The molecular weight excluding hydrogens is 583 g/mol. The molecule has 0 bridgehead atoms. The topological polar surface area (TPSA) is 12.5 Å². The van der Waals surface area contributed by atoms with Gasteiger partial charge in [0.25, 0.3) is 0 Å². The number of rotatable bonds is 6. The predicted molar refractivity (Wildman–Crippen MR) is 200 cm³/mol. The Morgan fingerprint density at radius 2 is 0.833 bits per heavy atom. The molecule has 1 aliphatic heterocycles. The zero-order chi connectivity index (χ0) is 31.9. The molecular formula is C46H31NO. The van der Waals surface area contributed by atoms with E-state index in [9.17, 15) is 0 Å². The molecule has 0 unspecified atom stereocenters. The number of nitrogens with zero attached hydrogens (tertiary/aromatic N) is 1. The molecule has 0 radical (unpaired) electrons. The van der Waals surface area contributed by atoms with Gasteiger partial charge in [-0.2, -0.15) is 0 Å². The summed E-state index contributed by atoms with van der Waals surface area (Å²) >= 11 is 0. The maximum atomic E-state index is 6.51. The zero-order valence-electron chi connectivity index (χ0n) is 26.3. The minimum Gasteiger partial charge on any atom is -0.456 e. The fourth-order valence-electron chi connectivity index (χ4n) is 7.01. The summed E-state index contributed by atoms with van der Waals surface area (Å²) in [5.74, 6) is 1.76. The number of ether oxygens (including phenoxy) is 1. The molecule has 8 aromatic carbocycles. The first-order valence-corrected chi connectivity index (χ1v) is 16.4. The molecule has 8 aromatic rings. The van der Waals surface area contributed by atoms with E-state index in [2.05, 4.69) is 187 Å². The second-order valence-electron chi connectivity index (χ2n) is 12.1. The van der Waals surface area contributed by atoms with Crippen LogP contribution < -0.4 is 9.64 Å². The van der Waals surface area contributed by atoms with Gasteiger partial charge in [-0.3, -0.25) is 0 Å². The number of hydrogen-bond donors (Lipinski definition) is 0. The van der Waals surface area contributed by atoms with E-state index < -0.39 is 0 Å². The molecule has 48 heavy (non-hydrogen) atoms. The Morgan fingerprint density at radius 3 is 1.42 bits per heavy atom. The number of para-hydroxylation sites is 1. The lowest BCUT2D eigenvalue weighted by Crippen LogP contribution is -2.13. The van der Waals surface area contributed by atoms with Crippen molar-refractivity contribution in [1.82, 2.24) is 0 Å². The molecule has 0 aromatic heterocycles. The van der Waals surface area contributed by atoms with Crippen LogP contribution in [-0.2, 0) is 0 Å². The Bertz CT molecular complexity index is 2300.